The van der Waals surface area contributed by atoms with E-state index in [0.717, 1.165) is 17.1 Å². The van der Waals surface area contributed by atoms with Gasteiger partial charge in [0.05, 0.1) is 16.8 Å². The van der Waals surface area contributed by atoms with Gasteiger partial charge in [0.15, 0.2) is 5.82 Å². The summed E-state index contributed by atoms with van der Waals surface area (Å²) in [7, 11) is 0. The summed E-state index contributed by atoms with van der Waals surface area (Å²) in [5.74, 6) is 0.734. The zero-order valence-corrected chi connectivity index (χ0v) is 22.5. The van der Waals surface area contributed by atoms with Crippen molar-refractivity contribution in [3.63, 3.8) is 0 Å². The van der Waals surface area contributed by atoms with Crippen LogP contribution in [0.4, 0.5) is 17.1 Å². The Bertz CT molecular complexity index is 1820. The van der Waals surface area contributed by atoms with E-state index in [4.69, 9.17) is 0 Å². The molecule has 0 amide bonds. The lowest BCUT2D eigenvalue weighted by Gasteiger charge is -2.45. The summed E-state index contributed by atoms with van der Waals surface area (Å²) in [6.07, 6.45) is 3.57. The Labute approximate surface area is 234 Å². The van der Waals surface area contributed by atoms with Crippen LogP contribution in [0, 0.1) is 13.8 Å². The van der Waals surface area contributed by atoms with E-state index in [1.165, 1.54) is 55.9 Å². The van der Waals surface area contributed by atoms with E-state index < -0.39 is 5.41 Å². The van der Waals surface area contributed by atoms with E-state index in [2.05, 4.69) is 138 Å². The highest BCUT2D eigenvalue weighted by Gasteiger charge is 2.51. The van der Waals surface area contributed by atoms with Crippen molar-refractivity contribution in [1.82, 2.24) is 9.97 Å². The third kappa shape index (κ3) is 3.06. The van der Waals surface area contributed by atoms with Crippen LogP contribution in [-0.4, -0.2) is 9.97 Å². The van der Waals surface area contributed by atoms with E-state index in [-0.39, 0.29) is 0 Å². The lowest BCUT2D eigenvalue weighted by Crippen LogP contribution is -2.36. The van der Waals surface area contributed by atoms with Crippen molar-refractivity contribution >= 4 is 17.1 Å². The van der Waals surface area contributed by atoms with Crippen molar-refractivity contribution in [2.75, 3.05) is 4.90 Å². The Morgan fingerprint density at radius 1 is 0.525 bits per heavy atom. The highest BCUT2D eigenvalue weighted by molar-refractivity contribution is 5.96. The van der Waals surface area contributed by atoms with E-state index in [1.54, 1.807) is 12.4 Å². The minimum Gasteiger partial charge on any atom is -0.310 e. The van der Waals surface area contributed by atoms with Gasteiger partial charge in [-0.1, -0.05) is 83.9 Å². The summed E-state index contributed by atoms with van der Waals surface area (Å²) < 4.78 is 0. The van der Waals surface area contributed by atoms with Crippen molar-refractivity contribution in [3.05, 3.63) is 161 Å². The number of aryl methyl sites for hydroxylation is 2. The molecule has 5 aromatic carbocycles. The van der Waals surface area contributed by atoms with E-state index in [1.807, 2.05) is 6.07 Å². The molecular weight excluding hydrogens is 486 g/mol. The van der Waals surface area contributed by atoms with Crippen LogP contribution >= 0.6 is 0 Å². The van der Waals surface area contributed by atoms with Crippen LogP contribution in [0.3, 0.4) is 0 Å². The molecule has 1 spiro atoms. The molecule has 1 aromatic heterocycles. The number of rotatable bonds is 2. The first-order valence-electron chi connectivity index (χ1n) is 13.8. The molecule has 0 unspecified atom stereocenters. The van der Waals surface area contributed by atoms with Gasteiger partial charge >= 0.3 is 0 Å². The maximum Gasteiger partial charge on any atom is 0.159 e. The summed E-state index contributed by atoms with van der Waals surface area (Å²) in [6, 6.07) is 42.3. The number of aromatic nitrogens is 2. The highest BCUT2D eigenvalue weighted by Crippen LogP contribution is 2.63. The molecule has 190 valence electrons. The second kappa shape index (κ2) is 8.49. The first-order valence-corrected chi connectivity index (χ1v) is 13.8. The normalized spacial score (nSPS) is 13.9. The van der Waals surface area contributed by atoms with Gasteiger partial charge in [-0.15, -0.1) is 0 Å². The Morgan fingerprint density at radius 3 is 1.60 bits per heavy atom. The lowest BCUT2D eigenvalue weighted by atomic mass is 9.64. The molecule has 6 aromatic rings. The quantitative estimate of drug-likeness (QED) is 0.231. The van der Waals surface area contributed by atoms with Gasteiger partial charge in [-0.25, -0.2) is 9.97 Å². The lowest BCUT2D eigenvalue weighted by molar-refractivity contribution is 0.750. The number of fused-ring (bicyclic) bond motifs is 9. The molecule has 2 aliphatic rings. The van der Waals surface area contributed by atoms with Crippen LogP contribution in [0.1, 0.15) is 33.4 Å². The Kier molecular flexibility index (Phi) is 4.86. The van der Waals surface area contributed by atoms with Gasteiger partial charge in [-0.3, -0.25) is 0 Å². The van der Waals surface area contributed by atoms with Gasteiger partial charge in [-0.2, -0.15) is 0 Å². The molecule has 3 heteroatoms. The topological polar surface area (TPSA) is 29.0 Å². The molecule has 8 rings (SSSR count). The molecule has 0 fully saturated rings. The maximum absolute atomic E-state index is 4.45. The smallest absolute Gasteiger partial charge is 0.159 e. The molecule has 0 saturated heterocycles. The average molecular weight is 514 g/mol. The van der Waals surface area contributed by atoms with Gasteiger partial charge in [0, 0.05) is 23.6 Å². The Balaban J connectivity index is 1.44. The summed E-state index contributed by atoms with van der Waals surface area (Å²) in [4.78, 5) is 11.3. The van der Waals surface area contributed by atoms with Crippen LogP contribution in [0.15, 0.2) is 128 Å². The highest BCUT2D eigenvalue weighted by atomic mass is 15.2. The first kappa shape index (κ1) is 22.9. The second-order valence-corrected chi connectivity index (χ2v) is 10.8. The Morgan fingerprint density at radius 2 is 1.05 bits per heavy atom. The minimum absolute atomic E-state index is 0.399. The largest absolute Gasteiger partial charge is 0.310 e. The van der Waals surface area contributed by atoms with Crippen molar-refractivity contribution in [1.29, 1.82) is 0 Å². The number of benzene rings is 5. The van der Waals surface area contributed by atoms with Gasteiger partial charge in [-0.05, 0) is 89.7 Å². The first-order chi connectivity index (χ1) is 19.7. The van der Waals surface area contributed by atoms with Crippen LogP contribution in [0.25, 0.3) is 22.5 Å². The third-order valence-electron chi connectivity index (χ3n) is 8.50. The van der Waals surface area contributed by atoms with E-state index in [0.29, 0.717) is 0 Å². The fourth-order valence-electron chi connectivity index (χ4n) is 6.87. The van der Waals surface area contributed by atoms with Crippen molar-refractivity contribution in [2.45, 2.75) is 19.3 Å². The van der Waals surface area contributed by atoms with E-state index in [9.17, 15) is 0 Å². The monoisotopic (exact) mass is 513 g/mol. The van der Waals surface area contributed by atoms with Crippen molar-refractivity contribution in [3.8, 4) is 22.5 Å². The van der Waals surface area contributed by atoms with Gasteiger partial charge < -0.3 is 4.90 Å². The van der Waals surface area contributed by atoms with Gasteiger partial charge in [0.25, 0.3) is 0 Å². The summed E-state index contributed by atoms with van der Waals surface area (Å²) in [6.45, 7) is 4.40. The molecule has 1 aliphatic carbocycles. The summed E-state index contributed by atoms with van der Waals surface area (Å²) >= 11 is 0. The fourth-order valence-corrected chi connectivity index (χ4v) is 6.87. The van der Waals surface area contributed by atoms with Crippen LogP contribution in [0.5, 0.6) is 0 Å². The number of nitrogens with zero attached hydrogens (tertiary/aromatic N) is 3. The SMILES string of the molecule is Cc1ccc2c(c1)C1(c3ccccc3-c3ccccc31)c1cc(C)ccc1N2c1ccc(-c2ncccn2)cc1. The number of hydrogen-bond acceptors (Lipinski definition) is 3. The molecule has 1 aliphatic heterocycles. The second-order valence-electron chi connectivity index (χ2n) is 10.8. The van der Waals surface area contributed by atoms with Crippen molar-refractivity contribution < 1.29 is 0 Å². The third-order valence-corrected chi connectivity index (χ3v) is 8.50. The van der Waals surface area contributed by atoms with Crippen LogP contribution in [-0.2, 0) is 5.41 Å². The molecular formula is C37H27N3. The minimum atomic E-state index is -0.399. The fraction of sp³-hybridized carbons (Fsp3) is 0.0811. The van der Waals surface area contributed by atoms with Gasteiger partial charge in [0.1, 0.15) is 0 Å². The summed E-state index contributed by atoms with van der Waals surface area (Å²) in [5.41, 5.74) is 14.6. The molecule has 40 heavy (non-hydrogen) atoms. The molecule has 2 heterocycles. The number of hydrogen-bond donors (Lipinski definition) is 0. The average Bonchev–Trinajstić information content (AvgIpc) is 3.30. The summed E-state index contributed by atoms with van der Waals surface area (Å²) in [5, 5.41) is 0. The molecule has 0 atom stereocenters. The molecule has 0 N–H and O–H groups in total. The predicted molar refractivity (Wildman–Crippen MR) is 162 cm³/mol. The molecule has 0 saturated carbocycles. The molecule has 0 bridgehead atoms. The molecule has 3 nitrogen and oxygen atoms in total. The van der Waals surface area contributed by atoms with Crippen molar-refractivity contribution in [2.24, 2.45) is 0 Å². The van der Waals surface area contributed by atoms with Gasteiger partial charge in [0.2, 0.25) is 0 Å². The van der Waals surface area contributed by atoms with E-state index >= 15 is 0 Å². The predicted octanol–water partition coefficient (Wildman–Crippen LogP) is 8.91. The zero-order chi connectivity index (χ0) is 26.8. The maximum atomic E-state index is 4.45. The van der Waals surface area contributed by atoms with Crippen LogP contribution in [0.2, 0.25) is 0 Å². The molecule has 0 radical (unpaired) electrons. The number of anilines is 3. The van der Waals surface area contributed by atoms with Crippen LogP contribution < -0.4 is 4.90 Å². The Hall–Kier alpha value is -5.02. The standard InChI is InChI=1S/C37H27N3/c1-24-12-18-34-32(22-24)37(30-10-5-3-8-28(30)29-9-4-6-11-31(29)37)33-23-25(2)13-19-35(33)40(34)27-16-14-26(15-17-27)36-38-20-7-21-39-36/h3-23H,1-2H3. The zero-order valence-electron chi connectivity index (χ0n) is 22.5.